The van der Waals surface area contributed by atoms with Gasteiger partial charge in [-0.15, -0.1) is 0 Å². The summed E-state index contributed by atoms with van der Waals surface area (Å²) < 4.78 is 17.7. The second-order valence-electron chi connectivity index (χ2n) is 2.93. The summed E-state index contributed by atoms with van der Waals surface area (Å²) in [5.74, 6) is -2.07. The zero-order valence-electron chi connectivity index (χ0n) is 9.14. The van der Waals surface area contributed by atoms with E-state index in [9.17, 15) is 14.0 Å². The standard InChI is InChI=1S/C11H11FN2O3/c1-2-17-10(15)7-13-14-11(16)8-5-3-4-6-9(8)12/h3-7H,2H2,1H3,(H,14,16)/b13-7+. The molecule has 90 valence electrons. The van der Waals surface area contributed by atoms with Crippen molar-refractivity contribution in [2.45, 2.75) is 6.92 Å². The summed E-state index contributed by atoms with van der Waals surface area (Å²) in [6.07, 6.45) is 0.808. The lowest BCUT2D eigenvalue weighted by Gasteiger charge is -2.00. The van der Waals surface area contributed by atoms with Gasteiger partial charge >= 0.3 is 5.97 Å². The molecule has 17 heavy (non-hydrogen) atoms. The summed E-state index contributed by atoms with van der Waals surface area (Å²) in [7, 11) is 0. The molecular formula is C11H11FN2O3. The number of ether oxygens (including phenoxy) is 1. The van der Waals surface area contributed by atoms with Crippen LogP contribution in [-0.4, -0.2) is 24.7 Å². The summed E-state index contributed by atoms with van der Waals surface area (Å²) >= 11 is 0. The lowest BCUT2D eigenvalue weighted by Crippen LogP contribution is -2.20. The van der Waals surface area contributed by atoms with Crippen LogP contribution in [0.15, 0.2) is 29.4 Å². The number of carbonyl (C=O) groups excluding carboxylic acids is 2. The molecule has 6 heteroatoms. The Balaban J connectivity index is 2.56. The van der Waals surface area contributed by atoms with E-state index >= 15 is 0 Å². The number of hydrazone groups is 1. The maximum Gasteiger partial charge on any atom is 0.351 e. The van der Waals surface area contributed by atoms with Gasteiger partial charge in [-0.3, -0.25) is 4.79 Å². The highest BCUT2D eigenvalue weighted by atomic mass is 19.1. The predicted octanol–water partition coefficient (Wildman–Crippen LogP) is 1.10. The van der Waals surface area contributed by atoms with E-state index in [-0.39, 0.29) is 12.2 Å². The lowest BCUT2D eigenvalue weighted by atomic mass is 10.2. The van der Waals surface area contributed by atoms with Gasteiger partial charge in [0.2, 0.25) is 0 Å². The minimum absolute atomic E-state index is 0.145. The van der Waals surface area contributed by atoms with E-state index < -0.39 is 17.7 Å². The third-order valence-electron chi connectivity index (χ3n) is 1.74. The van der Waals surface area contributed by atoms with Gasteiger partial charge in [0.1, 0.15) is 12.0 Å². The van der Waals surface area contributed by atoms with Crippen molar-refractivity contribution in [1.82, 2.24) is 5.43 Å². The van der Waals surface area contributed by atoms with Crippen molar-refractivity contribution in [2.24, 2.45) is 5.10 Å². The van der Waals surface area contributed by atoms with Crippen LogP contribution in [0.4, 0.5) is 4.39 Å². The van der Waals surface area contributed by atoms with Crippen LogP contribution in [-0.2, 0) is 9.53 Å². The fraction of sp³-hybridized carbons (Fsp3) is 0.182. The van der Waals surface area contributed by atoms with E-state index in [0.29, 0.717) is 0 Å². The van der Waals surface area contributed by atoms with Gasteiger partial charge < -0.3 is 4.74 Å². The molecule has 0 unspecified atom stereocenters. The molecule has 0 bridgehead atoms. The van der Waals surface area contributed by atoms with Gasteiger partial charge in [-0.2, -0.15) is 5.10 Å². The number of hydrogen-bond acceptors (Lipinski definition) is 4. The number of amides is 1. The normalized spacial score (nSPS) is 10.2. The number of carbonyl (C=O) groups is 2. The number of nitrogens with zero attached hydrogens (tertiary/aromatic N) is 1. The minimum Gasteiger partial charge on any atom is -0.462 e. The summed E-state index contributed by atoms with van der Waals surface area (Å²) in [4.78, 5) is 22.2. The molecule has 1 N–H and O–H groups in total. The van der Waals surface area contributed by atoms with E-state index in [0.717, 1.165) is 12.3 Å². The van der Waals surface area contributed by atoms with Crippen LogP contribution in [0.3, 0.4) is 0 Å². The molecule has 0 aliphatic rings. The highest BCUT2D eigenvalue weighted by Gasteiger charge is 2.09. The van der Waals surface area contributed by atoms with E-state index in [2.05, 4.69) is 9.84 Å². The lowest BCUT2D eigenvalue weighted by molar-refractivity contribution is -0.134. The van der Waals surface area contributed by atoms with Crippen molar-refractivity contribution < 1.29 is 18.7 Å². The van der Waals surface area contributed by atoms with Crippen LogP contribution in [0.2, 0.25) is 0 Å². The highest BCUT2D eigenvalue weighted by Crippen LogP contribution is 2.05. The van der Waals surface area contributed by atoms with Crippen molar-refractivity contribution in [1.29, 1.82) is 0 Å². The van der Waals surface area contributed by atoms with Crippen LogP contribution in [0, 0.1) is 5.82 Å². The third-order valence-corrected chi connectivity index (χ3v) is 1.74. The highest BCUT2D eigenvalue weighted by molar-refractivity contribution is 6.23. The fourth-order valence-corrected chi connectivity index (χ4v) is 1.03. The van der Waals surface area contributed by atoms with Gasteiger partial charge in [0, 0.05) is 0 Å². The van der Waals surface area contributed by atoms with Crippen molar-refractivity contribution in [3.05, 3.63) is 35.6 Å². The molecule has 1 aromatic carbocycles. The molecule has 0 fully saturated rings. The van der Waals surface area contributed by atoms with Gasteiger partial charge in [0.25, 0.3) is 5.91 Å². The van der Waals surface area contributed by atoms with Gasteiger partial charge in [0.05, 0.1) is 12.2 Å². The predicted molar refractivity (Wildman–Crippen MR) is 59.0 cm³/mol. The molecule has 0 atom stereocenters. The van der Waals surface area contributed by atoms with Crippen molar-refractivity contribution >= 4 is 18.1 Å². The fourth-order valence-electron chi connectivity index (χ4n) is 1.03. The summed E-state index contributed by atoms with van der Waals surface area (Å²) in [5.41, 5.74) is 1.87. The molecule has 0 heterocycles. The van der Waals surface area contributed by atoms with Gasteiger partial charge in [-0.05, 0) is 19.1 Å². The Morgan fingerprint density at radius 3 is 2.82 bits per heavy atom. The molecule has 1 aromatic rings. The molecule has 0 aliphatic carbocycles. The molecule has 0 saturated heterocycles. The number of halogens is 1. The Morgan fingerprint density at radius 2 is 2.18 bits per heavy atom. The molecule has 0 spiro atoms. The Labute approximate surface area is 97.3 Å². The van der Waals surface area contributed by atoms with Crippen LogP contribution < -0.4 is 5.43 Å². The first-order valence-electron chi connectivity index (χ1n) is 4.89. The molecular weight excluding hydrogens is 227 g/mol. The number of hydrogen-bond donors (Lipinski definition) is 1. The maximum atomic E-state index is 13.1. The summed E-state index contributed by atoms with van der Waals surface area (Å²) in [6, 6.07) is 5.45. The average Bonchev–Trinajstić information content (AvgIpc) is 2.29. The van der Waals surface area contributed by atoms with E-state index in [4.69, 9.17) is 0 Å². The van der Waals surface area contributed by atoms with Gasteiger partial charge in [-0.25, -0.2) is 14.6 Å². The van der Waals surface area contributed by atoms with Crippen molar-refractivity contribution in [3.8, 4) is 0 Å². The first-order chi connectivity index (χ1) is 8.15. The molecule has 1 amide bonds. The average molecular weight is 238 g/mol. The molecule has 5 nitrogen and oxygen atoms in total. The zero-order chi connectivity index (χ0) is 12.7. The van der Waals surface area contributed by atoms with Crippen molar-refractivity contribution in [2.75, 3.05) is 6.61 Å². The maximum absolute atomic E-state index is 13.1. The second kappa shape index (κ2) is 6.37. The van der Waals surface area contributed by atoms with Crippen LogP contribution >= 0.6 is 0 Å². The van der Waals surface area contributed by atoms with Crippen LogP contribution in [0.25, 0.3) is 0 Å². The molecule has 0 aromatic heterocycles. The van der Waals surface area contributed by atoms with Gasteiger partial charge in [-0.1, -0.05) is 12.1 Å². The number of nitrogens with one attached hydrogen (secondary N) is 1. The van der Waals surface area contributed by atoms with Crippen LogP contribution in [0.1, 0.15) is 17.3 Å². The molecule has 1 rings (SSSR count). The van der Waals surface area contributed by atoms with E-state index in [1.165, 1.54) is 18.2 Å². The number of benzene rings is 1. The minimum atomic E-state index is -0.733. The van der Waals surface area contributed by atoms with Crippen LogP contribution in [0.5, 0.6) is 0 Å². The molecule has 0 saturated carbocycles. The first kappa shape index (κ1) is 12.8. The quantitative estimate of drug-likeness (QED) is 0.485. The Bertz CT molecular complexity index is 446. The third kappa shape index (κ3) is 4.02. The van der Waals surface area contributed by atoms with E-state index in [1.807, 2.05) is 5.43 Å². The first-order valence-corrected chi connectivity index (χ1v) is 4.89. The summed E-state index contributed by atoms with van der Waals surface area (Å²) in [5, 5.41) is 3.34. The summed E-state index contributed by atoms with van der Waals surface area (Å²) in [6.45, 7) is 1.86. The van der Waals surface area contributed by atoms with E-state index in [1.54, 1.807) is 6.92 Å². The topological polar surface area (TPSA) is 67.8 Å². The van der Waals surface area contributed by atoms with Crippen molar-refractivity contribution in [3.63, 3.8) is 0 Å². The molecule has 0 radical (unpaired) electrons. The Morgan fingerprint density at radius 1 is 1.47 bits per heavy atom. The molecule has 0 aliphatic heterocycles. The zero-order valence-corrected chi connectivity index (χ0v) is 9.14. The second-order valence-corrected chi connectivity index (χ2v) is 2.93. The smallest absolute Gasteiger partial charge is 0.351 e. The number of esters is 1. The van der Waals surface area contributed by atoms with Gasteiger partial charge in [0.15, 0.2) is 0 Å². The largest absolute Gasteiger partial charge is 0.462 e. The monoisotopic (exact) mass is 238 g/mol. The Hall–Kier alpha value is -2.24. The number of rotatable bonds is 4. The SMILES string of the molecule is CCOC(=O)/C=N/NC(=O)c1ccccc1F. The Kier molecular flexibility index (Phi) is 4.80.